The van der Waals surface area contributed by atoms with E-state index in [4.69, 9.17) is 11.6 Å². The van der Waals surface area contributed by atoms with Crippen LogP contribution >= 0.6 is 22.9 Å². The van der Waals surface area contributed by atoms with E-state index < -0.39 is 5.92 Å². The number of benzene rings is 1. The Hall–Kier alpha value is -2.51. The van der Waals surface area contributed by atoms with Crippen molar-refractivity contribution in [2.45, 2.75) is 38.0 Å². The first kappa shape index (κ1) is 23.2. The number of anilines is 1. The second-order valence-corrected chi connectivity index (χ2v) is 10.3. The van der Waals surface area contributed by atoms with Crippen LogP contribution in [-0.2, 0) is 0 Å². The van der Waals surface area contributed by atoms with Crippen molar-refractivity contribution >= 4 is 34.7 Å². The molecule has 4 nitrogen and oxygen atoms in total. The van der Waals surface area contributed by atoms with Crippen LogP contribution in [0.1, 0.15) is 42.5 Å². The lowest BCUT2D eigenvalue weighted by atomic mass is 10.0. The van der Waals surface area contributed by atoms with Crippen molar-refractivity contribution in [2.75, 3.05) is 31.1 Å². The summed E-state index contributed by atoms with van der Waals surface area (Å²) in [6.07, 6.45) is 4.96. The predicted octanol–water partition coefficient (Wildman–Crippen LogP) is 6.99. The highest BCUT2D eigenvalue weighted by Crippen LogP contribution is 2.38. The average Bonchev–Trinajstić information content (AvgIpc) is 3.34. The molecule has 178 valence electrons. The van der Waals surface area contributed by atoms with Gasteiger partial charge in [0.05, 0.1) is 5.02 Å². The number of aromatic nitrogens is 1. The second-order valence-electron chi connectivity index (χ2n) is 8.99. The number of hydrogen-bond acceptors (Lipinski definition) is 4. The van der Waals surface area contributed by atoms with E-state index in [2.05, 4.69) is 27.4 Å². The Kier molecular flexibility index (Phi) is 6.58. The fourth-order valence-corrected chi connectivity index (χ4v) is 5.89. The first-order chi connectivity index (χ1) is 16.4. The number of nitrogens with zero attached hydrogens (tertiary/aromatic N) is 3. The molecule has 0 aliphatic carbocycles. The van der Waals surface area contributed by atoms with Crippen LogP contribution in [0.2, 0.25) is 5.02 Å². The standard InChI is InChI=1S/C26H26ClF2N3OS/c27-22-14-19(25(33)32-12-7-26(28,29)8-13-32)4-5-21(22)23-15-20(17-34-23)18-6-9-30-24(16-18)31-10-2-1-3-11-31/h4-6,9,14-17H,1-3,7-8,10-13H2. The Balaban J connectivity index is 1.33. The van der Waals surface area contributed by atoms with E-state index in [1.807, 2.05) is 18.3 Å². The van der Waals surface area contributed by atoms with E-state index in [0.717, 1.165) is 40.5 Å². The van der Waals surface area contributed by atoms with Gasteiger partial charge >= 0.3 is 0 Å². The number of likely N-dealkylation sites (tertiary alicyclic amines) is 1. The van der Waals surface area contributed by atoms with Gasteiger partial charge < -0.3 is 9.80 Å². The number of thiophene rings is 1. The molecule has 1 amide bonds. The summed E-state index contributed by atoms with van der Waals surface area (Å²) < 4.78 is 26.9. The lowest BCUT2D eigenvalue weighted by Crippen LogP contribution is -2.42. The van der Waals surface area contributed by atoms with E-state index >= 15 is 0 Å². The second kappa shape index (κ2) is 9.62. The average molecular weight is 502 g/mol. The molecule has 8 heteroatoms. The summed E-state index contributed by atoms with van der Waals surface area (Å²) in [7, 11) is 0. The van der Waals surface area contributed by atoms with Crippen molar-refractivity contribution in [2.24, 2.45) is 0 Å². The normalized spacial score (nSPS) is 18.2. The molecule has 5 rings (SSSR count). The summed E-state index contributed by atoms with van der Waals surface area (Å²) in [6.45, 7) is 2.22. The Morgan fingerprint density at radius 2 is 1.74 bits per heavy atom. The maximum Gasteiger partial charge on any atom is 0.253 e. The minimum atomic E-state index is -2.68. The summed E-state index contributed by atoms with van der Waals surface area (Å²) in [5.74, 6) is -1.92. The molecule has 34 heavy (non-hydrogen) atoms. The number of piperidine rings is 2. The predicted molar refractivity (Wildman–Crippen MR) is 134 cm³/mol. The van der Waals surface area contributed by atoms with Crippen molar-refractivity contribution in [1.82, 2.24) is 9.88 Å². The van der Waals surface area contributed by atoms with Gasteiger partial charge in [-0.3, -0.25) is 4.79 Å². The number of carbonyl (C=O) groups is 1. The molecular weight excluding hydrogens is 476 g/mol. The molecule has 0 unspecified atom stereocenters. The quantitative estimate of drug-likeness (QED) is 0.386. The van der Waals surface area contributed by atoms with E-state index in [1.165, 1.54) is 24.2 Å². The summed E-state index contributed by atoms with van der Waals surface area (Å²) in [6, 6.07) is 11.5. The van der Waals surface area contributed by atoms with E-state index in [-0.39, 0.29) is 31.8 Å². The highest BCUT2D eigenvalue weighted by Gasteiger charge is 2.35. The van der Waals surface area contributed by atoms with Crippen LogP contribution < -0.4 is 4.90 Å². The zero-order valence-electron chi connectivity index (χ0n) is 18.8. The highest BCUT2D eigenvalue weighted by atomic mass is 35.5. The molecule has 0 bridgehead atoms. The number of alkyl halides is 2. The maximum atomic E-state index is 13.4. The van der Waals surface area contributed by atoms with Crippen molar-refractivity contribution in [1.29, 1.82) is 0 Å². The van der Waals surface area contributed by atoms with Gasteiger partial charge in [-0.05, 0) is 66.1 Å². The zero-order valence-corrected chi connectivity index (χ0v) is 20.3. The molecule has 0 saturated carbocycles. The molecule has 0 spiro atoms. The molecular formula is C26H26ClF2N3OS. The third-order valence-corrected chi connectivity index (χ3v) is 7.90. The number of halogens is 3. The molecule has 1 aromatic carbocycles. The van der Waals surface area contributed by atoms with Crippen molar-refractivity contribution in [3.8, 4) is 21.6 Å². The van der Waals surface area contributed by atoms with Crippen LogP contribution in [0.15, 0.2) is 48.0 Å². The van der Waals surface area contributed by atoms with Crippen molar-refractivity contribution in [3.63, 3.8) is 0 Å². The molecule has 0 radical (unpaired) electrons. The van der Waals surface area contributed by atoms with Gasteiger partial charge in [-0.25, -0.2) is 13.8 Å². The zero-order chi connectivity index (χ0) is 23.7. The fraction of sp³-hybridized carbons (Fsp3) is 0.385. The first-order valence-electron chi connectivity index (χ1n) is 11.7. The van der Waals surface area contributed by atoms with Crippen molar-refractivity contribution in [3.05, 3.63) is 58.6 Å². The molecule has 2 aromatic heterocycles. The largest absolute Gasteiger partial charge is 0.357 e. The highest BCUT2D eigenvalue weighted by molar-refractivity contribution is 7.14. The van der Waals surface area contributed by atoms with Crippen LogP contribution in [0, 0.1) is 0 Å². The van der Waals surface area contributed by atoms with Gasteiger partial charge in [0.25, 0.3) is 11.8 Å². The molecule has 2 aliphatic rings. The third-order valence-electron chi connectivity index (χ3n) is 6.62. The van der Waals surface area contributed by atoms with Crippen LogP contribution in [0.3, 0.4) is 0 Å². The topological polar surface area (TPSA) is 36.4 Å². The van der Waals surface area contributed by atoms with Crippen molar-refractivity contribution < 1.29 is 13.6 Å². The van der Waals surface area contributed by atoms with Gasteiger partial charge in [0, 0.05) is 61.2 Å². The molecule has 0 atom stereocenters. The van der Waals surface area contributed by atoms with E-state index in [9.17, 15) is 13.6 Å². The minimum Gasteiger partial charge on any atom is -0.357 e. The number of hydrogen-bond donors (Lipinski definition) is 0. The van der Waals surface area contributed by atoms with Crippen LogP contribution in [-0.4, -0.2) is 47.9 Å². The first-order valence-corrected chi connectivity index (χ1v) is 12.9. The third kappa shape index (κ3) is 4.96. The summed E-state index contributed by atoms with van der Waals surface area (Å²) >= 11 is 8.17. The van der Waals surface area contributed by atoms with Gasteiger partial charge in [0.1, 0.15) is 5.82 Å². The fourth-order valence-electron chi connectivity index (χ4n) is 4.59. The lowest BCUT2D eigenvalue weighted by molar-refractivity contribution is -0.0494. The molecule has 3 aromatic rings. The smallest absolute Gasteiger partial charge is 0.253 e. The van der Waals surface area contributed by atoms with Crippen LogP contribution in [0.4, 0.5) is 14.6 Å². The van der Waals surface area contributed by atoms with E-state index in [1.54, 1.807) is 23.5 Å². The summed E-state index contributed by atoms with van der Waals surface area (Å²) in [5.41, 5.74) is 3.50. The Bertz CT molecular complexity index is 1180. The molecule has 4 heterocycles. The van der Waals surface area contributed by atoms with Gasteiger partial charge in [-0.1, -0.05) is 17.7 Å². The van der Waals surface area contributed by atoms with Gasteiger partial charge in [0.2, 0.25) is 0 Å². The van der Waals surface area contributed by atoms with Gasteiger partial charge in [0.15, 0.2) is 0 Å². The van der Waals surface area contributed by atoms with Crippen LogP contribution in [0.5, 0.6) is 0 Å². The molecule has 2 saturated heterocycles. The lowest BCUT2D eigenvalue weighted by Gasteiger charge is -2.31. The SMILES string of the molecule is O=C(c1ccc(-c2cc(-c3ccnc(N4CCCCC4)c3)cs2)c(Cl)c1)N1CCC(F)(F)CC1. The van der Waals surface area contributed by atoms with E-state index in [0.29, 0.717) is 10.6 Å². The van der Waals surface area contributed by atoms with Gasteiger partial charge in [-0.15, -0.1) is 11.3 Å². The molecule has 2 aliphatic heterocycles. The number of pyridine rings is 1. The summed E-state index contributed by atoms with van der Waals surface area (Å²) in [5, 5.41) is 2.58. The van der Waals surface area contributed by atoms with Gasteiger partial charge in [-0.2, -0.15) is 0 Å². The van der Waals surface area contributed by atoms with Crippen LogP contribution in [0.25, 0.3) is 21.6 Å². The Morgan fingerprint density at radius 3 is 2.47 bits per heavy atom. The number of carbonyl (C=O) groups excluding carboxylic acids is 1. The Labute approximate surface area is 207 Å². The summed E-state index contributed by atoms with van der Waals surface area (Å²) in [4.78, 5) is 22.2. The molecule has 0 N–H and O–H groups in total. The number of rotatable bonds is 4. The minimum absolute atomic E-state index is 0.0604. The molecule has 2 fully saturated rings. The Morgan fingerprint density at radius 1 is 0.971 bits per heavy atom. The monoisotopic (exact) mass is 501 g/mol. The number of amides is 1. The maximum absolute atomic E-state index is 13.4.